The summed E-state index contributed by atoms with van der Waals surface area (Å²) >= 11 is 0. The second-order valence-electron chi connectivity index (χ2n) is 7.43. The highest BCUT2D eigenvalue weighted by Gasteiger charge is 2.31. The quantitative estimate of drug-likeness (QED) is 0.879. The van der Waals surface area contributed by atoms with Crippen LogP contribution in [0.2, 0.25) is 0 Å². The molecule has 1 aliphatic heterocycles. The molecule has 0 aromatic heterocycles. The average Bonchev–Trinajstić information content (AvgIpc) is 2.80. The van der Waals surface area contributed by atoms with Crippen LogP contribution in [-0.4, -0.2) is 23.4 Å². The molecule has 1 heterocycles. The first-order valence-corrected chi connectivity index (χ1v) is 9.27. The molecule has 3 rings (SSSR count). The van der Waals surface area contributed by atoms with Gasteiger partial charge in [0.15, 0.2) is 0 Å². The van der Waals surface area contributed by atoms with E-state index >= 15 is 0 Å². The average molecular weight is 351 g/mol. The van der Waals surface area contributed by atoms with Gasteiger partial charge in [0.05, 0.1) is 6.04 Å². The van der Waals surface area contributed by atoms with Crippen LogP contribution in [0.1, 0.15) is 68.5 Å². The van der Waals surface area contributed by atoms with Gasteiger partial charge in [0, 0.05) is 19.0 Å². The summed E-state index contributed by atoms with van der Waals surface area (Å²) in [4.78, 5) is 15.2. The Hall–Kier alpha value is -1.06. The predicted molar refractivity (Wildman–Crippen MR) is 101 cm³/mol. The molecule has 1 saturated heterocycles. The molecule has 2 aliphatic rings. The van der Waals surface area contributed by atoms with Crippen LogP contribution >= 0.6 is 12.4 Å². The second-order valence-corrected chi connectivity index (χ2v) is 7.43. The molecule has 1 unspecified atom stereocenters. The number of nitrogens with zero attached hydrogens (tertiary/aromatic N) is 1. The predicted octanol–water partition coefficient (Wildman–Crippen LogP) is 4.38. The summed E-state index contributed by atoms with van der Waals surface area (Å²) in [6, 6.07) is 9.16. The first-order valence-electron chi connectivity index (χ1n) is 9.27. The van der Waals surface area contributed by atoms with E-state index in [0.29, 0.717) is 18.2 Å². The maximum absolute atomic E-state index is 13.0. The first kappa shape index (κ1) is 19.3. The van der Waals surface area contributed by atoms with Gasteiger partial charge in [-0.1, -0.05) is 49.1 Å². The highest BCUT2D eigenvalue weighted by molar-refractivity contribution is 5.85. The summed E-state index contributed by atoms with van der Waals surface area (Å²) in [5.41, 5.74) is 8.76. The Bertz CT molecular complexity index is 548. The Labute approximate surface area is 152 Å². The molecule has 1 saturated carbocycles. The Morgan fingerprint density at radius 2 is 2.00 bits per heavy atom. The molecule has 0 spiro atoms. The molecule has 0 bridgehead atoms. The van der Waals surface area contributed by atoms with E-state index in [-0.39, 0.29) is 24.5 Å². The molecule has 0 radical (unpaired) electrons. The number of likely N-dealkylation sites (tertiary alicyclic amines) is 1. The third-order valence-electron chi connectivity index (χ3n) is 5.65. The number of carbonyl (C=O) groups is 1. The number of halogens is 1. The zero-order chi connectivity index (χ0) is 16.2. The van der Waals surface area contributed by atoms with Gasteiger partial charge in [-0.05, 0) is 44.1 Å². The first-order chi connectivity index (χ1) is 11.1. The van der Waals surface area contributed by atoms with E-state index in [1.807, 2.05) is 0 Å². The van der Waals surface area contributed by atoms with Crippen molar-refractivity contribution in [3.05, 3.63) is 35.4 Å². The van der Waals surface area contributed by atoms with E-state index in [0.717, 1.165) is 32.2 Å². The van der Waals surface area contributed by atoms with Crippen molar-refractivity contribution < 1.29 is 4.79 Å². The van der Waals surface area contributed by atoms with Crippen LogP contribution in [0.15, 0.2) is 24.3 Å². The SMILES string of the molecule is Cc1cccc(C2CCCCCN2C(=O)C[C@@H]2CCC[C@H]2N)c1.Cl. The van der Waals surface area contributed by atoms with Gasteiger partial charge in [-0.3, -0.25) is 4.79 Å². The van der Waals surface area contributed by atoms with Gasteiger partial charge in [0.1, 0.15) is 0 Å². The Morgan fingerprint density at radius 3 is 2.71 bits per heavy atom. The van der Waals surface area contributed by atoms with Crippen molar-refractivity contribution >= 4 is 18.3 Å². The molecule has 24 heavy (non-hydrogen) atoms. The molecule has 3 atom stereocenters. The van der Waals surface area contributed by atoms with Gasteiger partial charge in [0.2, 0.25) is 5.91 Å². The number of carbonyl (C=O) groups excluding carboxylic acids is 1. The molecule has 4 heteroatoms. The number of nitrogens with two attached hydrogens (primary N) is 1. The number of aryl methyl sites for hydroxylation is 1. The van der Waals surface area contributed by atoms with Gasteiger partial charge in [-0.15, -0.1) is 12.4 Å². The lowest BCUT2D eigenvalue weighted by Gasteiger charge is -2.32. The fourth-order valence-electron chi connectivity index (χ4n) is 4.29. The van der Waals surface area contributed by atoms with Gasteiger partial charge >= 0.3 is 0 Å². The highest BCUT2D eigenvalue weighted by Crippen LogP contribution is 2.33. The minimum Gasteiger partial charge on any atom is -0.336 e. The van der Waals surface area contributed by atoms with Crippen LogP contribution in [0.3, 0.4) is 0 Å². The maximum Gasteiger partial charge on any atom is 0.223 e. The van der Waals surface area contributed by atoms with Crippen LogP contribution in [0.5, 0.6) is 0 Å². The standard InChI is InChI=1S/C20H30N2O.ClH/c1-15-7-5-9-17(13-15)19-11-3-2-4-12-22(19)20(23)14-16-8-6-10-18(16)21;/h5,7,9,13,16,18-19H,2-4,6,8,10-12,14,21H2,1H3;1H/t16-,18+,19?;/m0./s1. The number of hydrogen-bond donors (Lipinski definition) is 1. The van der Waals surface area contributed by atoms with Crippen LogP contribution in [0.25, 0.3) is 0 Å². The monoisotopic (exact) mass is 350 g/mol. The van der Waals surface area contributed by atoms with Gasteiger partial charge in [0.25, 0.3) is 0 Å². The lowest BCUT2D eigenvalue weighted by atomic mass is 9.96. The van der Waals surface area contributed by atoms with E-state index in [1.165, 1.54) is 30.4 Å². The van der Waals surface area contributed by atoms with Gasteiger partial charge in [-0.25, -0.2) is 0 Å². The third kappa shape index (κ3) is 4.52. The molecule has 2 fully saturated rings. The summed E-state index contributed by atoms with van der Waals surface area (Å²) in [6.07, 6.45) is 8.69. The van der Waals surface area contributed by atoms with Crippen molar-refractivity contribution in [2.24, 2.45) is 11.7 Å². The molecule has 1 amide bonds. The Morgan fingerprint density at radius 1 is 1.17 bits per heavy atom. The normalized spacial score (nSPS) is 27.4. The number of rotatable bonds is 3. The van der Waals surface area contributed by atoms with Crippen LogP contribution < -0.4 is 5.73 Å². The Balaban J connectivity index is 0.00000208. The maximum atomic E-state index is 13.0. The third-order valence-corrected chi connectivity index (χ3v) is 5.65. The molecular weight excluding hydrogens is 320 g/mol. The van der Waals surface area contributed by atoms with Crippen LogP contribution in [0.4, 0.5) is 0 Å². The van der Waals surface area contributed by atoms with E-state index in [9.17, 15) is 4.79 Å². The lowest BCUT2D eigenvalue weighted by Crippen LogP contribution is -2.37. The largest absolute Gasteiger partial charge is 0.336 e. The van der Waals surface area contributed by atoms with E-state index in [4.69, 9.17) is 5.73 Å². The van der Waals surface area contributed by atoms with E-state index < -0.39 is 0 Å². The number of hydrogen-bond acceptors (Lipinski definition) is 2. The second kappa shape index (κ2) is 8.87. The molecular formula is C20H31ClN2O. The highest BCUT2D eigenvalue weighted by atomic mass is 35.5. The lowest BCUT2D eigenvalue weighted by molar-refractivity contribution is -0.134. The van der Waals surface area contributed by atoms with Crippen molar-refractivity contribution in [3.8, 4) is 0 Å². The minimum absolute atomic E-state index is 0. The molecule has 2 N–H and O–H groups in total. The van der Waals surface area contributed by atoms with Gasteiger partial charge < -0.3 is 10.6 Å². The number of benzene rings is 1. The summed E-state index contributed by atoms with van der Waals surface area (Å²) < 4.78 is 0. The van der Waals surface area contributed by atoms with E-state index in [1.54, 1.807) is 0 Å². The number of amides is 1. The van der Waals surface area contributed by atoms with Crippen molar-refractivity contribution in [1.82, 2.24) is 4.90 Å². The van der Waals surface area contributed by atoms with Crippen molar-refractivity contribution in [2.75, 3.05) is 6.54 Å². The topological polar surface area (TPSA) is 46.3 Å². The van der Waals surface area contributed by atoms with Crippen molar-refractivity contribution in [1.29, 1.82) is 0 Å². The molecule has 134 valence electrons. The fourth-order valence-corrected chi connectivity index (χ4v) is 4.29. The smallest absolute Gasteiger partial charge is 0.223 e. The van der Waals surface area contributed by atoms with Crippen LogP contribution in [0, 0.1) is 12.8 Å². The molecule has 1 aromatic rings. The zero-order valence-electron chi connectivity index (χ0n) is 14.7. The van der Waals surface area contributed by atoms with Gasteiger partial charge in [-0.2, -0.15) is 0 Å². The molecule has 3 nitrogen and oxygen atoms in total. The fraction of sp³-hybridized carbons (Fsp3) is 0.650. The summed E-state index contributed by atoms with van der Waals surface area (Å²) in [5, 5.41) is 0. The minimum atomic E-state index is 0. The van der Waals surface area contributed by atoms with Crippen molar-refractivity contribution in [2.45, 2.75) is 70.4 Å². The summed E-state index contributed by atoms with van der Waals surface area (Å²) in [7, 11) is 0. The molecule has 1 aliphatic carbocycles. The van der Waals surface area contributed by atoms with Crippen LogP contribution in [-0.2, 0) is 4.79 Å². The van der Waals surface area contributed by atoms with E-state index in [2.05, 4.69) is 36.1 Å². The molecule has 1 aromatic carbocycles. The van der Waals surface area contributed by atoms with Crippen molar-refractivity contribution in [3.63, 3.8) is 0 Å². The summed E-state index contributed by atoms with van der Waals surface area (Å²) in [6.45, 7) is 3.03. The Kier molecular flexibility index (Phi) is 7.12. The summed E-state index contributed by atoms with van der Waals surface area (Å²) in [5.74, 6) is 0.713. The zero-order valence-corrected chi connectivity index (χ0v) is 15.6.